The van der Waals surface area contributed by atoms with Crippen molar-refractivity contribution in [2.45, 2.75) is 72.8 Å². The van der Waals surface area contributed by atoms with Crippen molar-refractivity contribution in [3.05, 3.63) is 121 Å². The summed E-state index contributed by atoms with van der Waals surface area (Å²) in [5, 5.41) is 13.1. The molecule has 53 heavy (non-hydrogen) atoms. The van der Waals surface area contributed by atoms with E-state index in [0.29, 0.717) is 48.4 Å². The topological polar surface area (TPSA) is 83.7 Å². The summed E-state index contributed by atoms with van der Waals surface area (Å²) in [4.78, 5) is 13.7. The number of halogens is 1. The molecule has 0 aliphatic carbocycles. The van der Waals surface area contributed by atoms with Gasteiger partial charge in [0.2, 0.25) is 0 Å². The minimum atomic E-state index is 0.244. The molecule has 6 rings (SSSR count). The first-order chi connectivity index (χ1) is 25.8. The van der Waals surface area contributed by atoms with Gasteiger partial charge in [-0.1, -0.05) is 48.9 Å². The fourth-order valence-electron chi connectivity index (χ4n) is 6.72. The number of nitrogens with zero attached hydrogens (tertiary/aromatic N) is 5. The van der Waals surface area contributed by atoms with Gasteiger partial charge in [-0.3, -0.25) is 9.88 Å². The summed E-state index contributed by atoms with van der Waals surface area (Å²) in [6, 6.07) is 20.4. The van der Waals surface area contributed by atoms with Gasteiger partial charge in [-0.25, -0.2) is 4.98 Å². The van der Waals surface area contributed by atoms with Gasteiger partial charge in [-0.15, -0.1) is 11.3 Å². The molecule has 1 aliphatic rings. The SMILES string of the molecule is CCc1csc(CN(C)Cc2cc(Cl)c(OCc3cccc(-c4cccc(OCCCN5CCCC5)c4C)c3C)cc2OCc2cncc(C#N)c2)n1. The van der Waals surface area contributed by atoms with Crippen LogP contribution in [0.4, 0.5) is 0 Å². The number of thiazole rings is 1. The predicted octanol–water partition coefficient (Wildman–Crippen LogP) is 9.56. The molecule has 3 heterocycles. The van der Waals surface area contributed by atoms with E-state index < -0.39 is 0 Å². The summed E-state index contributed by atoms with van der Waals surface area (Å²) in [5.74, 6) is 2.13. The zero-order chi connectivity index (χ0) is 37.2. The van der Waals surface area contributed by atoms with Crippen LogP contribution in [-0.2, 0) is 32.7 Å². The molecule has 2 aromatic heterocycles. The van der Waals surface area contributed by atoms with Gasteiger partial charge in [0, 0.05) is 48.1 Å². The zero-order valence-electron chi connectivity index (χ0n) is 31.2. The van der Waals surface area contributed by atoms with Crippen LogP contribution in [0.15, 0.2) is 72.4 Å². The molecule has 0 unspecified atom stereocenters. The summed E-state index contributed by atoms with van der Waals surface area (Å²) < 4.78 is 19.1. The predicted molar refractivity (Wildman–Crippen MR) is 213 cm³/mol. The average Bonchev–Trinajstić information content (AvgIpc) is 3.86. The maximum atomic E-state index is 9.37. The van der Waals surface area contributed by atoms with Crippen LogP contribution in [-0.4, -0.2) is 53.1 Å². The molecule has 3 aromatic carbocycles. The molecule has 276 valence electrons. The first-order valence-electron chi connectivity index (χ1n) is 18.4. The molecule has 8 nitrogen and oxygen atoms in total. The van der Waals surface area contributed by atoms with E-state index in [9.17, 15) is 5.26 Å². The Kier molecular flexibility index (Phi) is 13.4. The summed E-state index contributed by atoms with van der Waals surface area (Å²) in [6.07, 6.45) is 7.82. The lowest BCUT2D eigenvalue weighted by molar-refractivity contribution is 0.262. The van der Waals surface area contributed by atoms with Crippen molar-refractivity contribution < 1.29 is 14.2 Å². The number of likely N-dealkylation sites (tertiary alicyclic amines) is 1. The fraction of sp³-hybridized carbons (Fsp3) is 0.372. The van der Waals surface area contributed by atoms with Crippen molar-refractivity contribution in [1.82, 2.24) is 19.8 Å². The van der Waals surface area contributed by atoms with Crippen molar-refractivity contribution in [3.63, 3.8) is 0 Å². The number of aromatic nitrogens is 2. The first kappa shape index (κ1) is 38.3. The molecule has 1 aliphatic heterocycles. The molecule has 1 fully saturated rings. The van der Waals surface area contributed by atoms with Crippen LogP contribution in [0.2, 0.25) is 5.02 Å². The number of hydrogen-bond donors (Lipinski definition) is 0. The Bertz CT molecular complexity index is 2040. The summed E-state index contributed by atoms with van der Waals surface area (Å²) in [7, 11) is 2.06. The number of rotatable bonds is 17. The van der Waals surface area contributed by atoms with E-state index in [1.807, 2.05) is 12.1 Å². The summed E-state index contributed by atoms with van der Waals surface area (Å²) in [6.45, 7) is 12.5. The molecular formula is C43H48ClN5O3S. The van der Waals surface area contributed by atoms with Gasteiger partial charge in [0.1, 0.15) is 41.5 Å². The number of aryl methyl sites for hydroxylation is 1. The van der Waals surface area contributed by atoms with E-state index in [-0.39, 0.29) is 6.61 Å². The Morgan fingerprint density at radius 2 is 1.66 bits per heavy atom. The van der Waals surface area contributed by atoms with Gasteiger partial charge in [0.15, 0.2) is 0 Å². The van der Waals surface area contributed by atoms with Crippen molar-refractivity contribution in [3.8, 4) is 34.4 Å². The van der Waals surface area contributed by atoms with E-state index in [0.717, 1.165) is 74.8 Å². The van der Waals surface area contributed by atoms with Crippen LogP contribution in [0.5, 0.6) is 17.2 Å². The second-order valence-electron chi connectivity index (χ2n) is 13.7. The maximum Gasteiger partial charge on any atom is 0.142 e. The fourth-order valence-corrected chi connectivity index (χ4v) is 7.92. The van der Waals surface area contributed by atoms with Crippen molar-refractivity contribution in [1.29, 1.82) is 5.26 Å². The number of nitriles is 1. The van der Waals surface area contributed by atoms with Crippen LogP contribution in [0.1, 0.15) is 70.3 Å². The number of hydrogen-bond acceptors (Lipinski definition) is 9. The Balaban J connectivity index is 1.17. The molecule has 0 saturated carbocycles. The molecule has 0 radical (unpaired) electrons. The maximum absolute atomic E-state index is 9.37. The van der Waals surface area contributed by atoms with Crippen LogP contribution in [0, 0.1) is 25.2 Å². The molecule has 0 bridgehead atoms. The smallest absolute Gasteiger partial charge is 0.142 e. The Morgan fingerprint density at radius 3 is 2.43 bits per heavy atom. The number of pyridine rings is 1. The van der Waals surface area contributed by atoms with Gasteiger partial charge >= 0.3 is 0 Å². The normalized spacial score (nSPS) is 13.0. The van der Waals surface area contributed by atoms with E-state index in [1.165, 1.54) is 25.9 Å². The largest absolute Gasteiger partial charge is 0.493 e. The van der Waals surface area contributed by atoms with Gasteiger partial charge in [-0.2, -0.15) is 5.26 Å². The highest BCUT2D eigenvalue weighted by Crippen LogP contribution is 2.37. The summed E-state index contributed by atoms with van der Waals surface area (Å²) >= 11 is 8.59. The van der Waals surface area contributed by atoms with Crippen molar-refractivity contribution >= 4 is 22.9 Å². The standard InChI is InChI=1S/C43H48ClN5O3S/c1-5-36-29-53-43(47-36)26-48(4)25-35-20-39(44)42(21-41(35)51-27-33-19-32(22-45)23-46-24-33)52-28-34-11-8-12-37(30(34)2)38-13-9-14-40(31(38)3)50-18-10-17-49-15-6-7-16-49/h8-9,11-14,19-21,23-24,29H,5-7,10,15-18,25-28H2,1-4H3. The lowest BCUT2D eigenvalue weighted by Gasteiger charge is -2.20. The van der Waals surface area contributed by atoms with E-state index in [4.69, 9.17) is 30.8 Å². The Labute approximate surface area is 322 Å². The molecule has 0 spiro atoms. The highest BCUT2D eigenvalue weighted by molar-refractivity contribution is 7.09. The molecule has 10 heteroatoms. The lowest BCUT2D eigenvalue weighted by atomic mass is 9.93. The Morgan fingerprint density at radius 1 is 0.887 bits per heavy atom. The zero-order valence-corrected chi connectivity index (χ0v) is 32.7. The van der Waals surface area contributed by atoms with Crippen molar-refractivity contribution in [2.75, 3.05) is 33.3 Å². The average molecular weight is 750 g/mol. The molecule has 5 aromatic rings. The molecule has 1 saturated heterocycles. The second kappa shape index (κ2) is 18.5. The van der Waals surface area contributed by atoms with Gasteiger partial charge in [-0.05, 0) is 106 Å². The number of benzene rings is 3. The van der Waals surface area contributed by atoms with Crippen LogP contribution < -0.4 is 14.2 Å². The first-order valence-corrected chi connectivity index (χ1v) is 19.6. The number of ether oxygens (including phenoxy) is 3. The van der Waals surface area contributed by atoms with E-state index in [2.05, 4.69) is 90.5 Å². The third-order valence-corrected chi connectivity index (χ3v) is 10.9. The highest BCUT2D eigenvalue weighted by atomic mass is 35.5. The minimum Gasteiger partial charge on any atom is -0.493 e. The minimum absolute atomic E-state index is 0.244. The quantitative estimate of drug-likeness (QED) is 0.0870. The van der Waals surface area contributed by atoms with Gasteiger partial charge in [0.05, 0.1) is 29.4 Å². The molecular weight excluding hydrogens is 702 g/mol. The van der Waals surface area contributed by atoms with Gasteiger partial charge in [0.25, 0.3) is 0 Å². The van der Waals surface area contributed by atoms with Crippen molar-refractivity contribution in [2.24, 2.45) is 0 Å². The Hall–Kier alpha value is -4.46. The van der Waals surface area contributed by atoms with Crippen LogP contribution in [0.3, 0.4) is 0 Å². The van der Waals surface area contributed by atoms with E-state index in [1.54, 1.807) is 29.8 Å². The highest BCUT2D eigenvalue weighted by Gasteiger charge is 2.17. The molecule has 0 N–H and O–H groups in total. The third kappa shape index (κ3) is 10.2. The van der Waals surface area contributed by atoms with Crippen LogP contribution in [0.25, 0.3) is 11.1 Å². The third-order valence-electron chi connectivity index (χ3n) is 9.72. The van der Waals surface area contributed by atoms with Gasteiger partial charge < -0.3 is 19.1 Å². The second-order valence-corrected chi connectivity index (χ2v) is 15.0. The monoisotopic (exact) mass is 749 g/mol. The lowest BCUT2D eigenvalue weighted by Crippen LogP contribution is -2.22. The van der Waals surface area contributed by atoms with Crippen LogP contribution >= 0.6 is 22.9 Å². The summed E-state index contributed by atoms with van der Waals surface area (Å²) in [5.41, 5.74) is 8.97. The van der Waals surface area contributed by atoms with E-state index >= 15 is 0 Å². The molecule has 0 atom stereocenters. The molecule has 0 amide bonds.